The normalized spacial score (nSPS) is 46.8. The van der Waals surface area contributed by atoms with E-state index in [0.717, 1.165) is 43.0 Å². The summed E-state index contributed by atoms with van der Waals surface area (Å²) < 4.78 is 20.4. The summed E-state index contributed by atoms with van der Waals surface area (Å²) in [4.78, 5) is 2.85. The highest BCUT2D eigenvalue weighted by atomic mass is 16.7. The number of ether oxygens (including phenoxy) is 3. The monoisotopic (exact) mass is 477 g/mol. The van der Waals surface area contributed by atoms with Crippen molar-refractivity contribution < 1.29 is 19.3 Å². The van der Waals surface area contributed by atoms with Crippen LogP contribution in [0, 0.1) is 22.7 Å². The number of rotatable bonds is 3. The molecule has 3 heterocycles. The average molecular weight is 478 g/mol. The molecule has 0 unspecified atom stereocenters. The molecule has 35 heavy (non-hydrogen) atoms. The van der Waals surface area contributed by atoms with Crippen molar-refractivity contribution in [2.75, 3.05) is 19.9 Å². The molecule has 1 aromatic rings. The fourth-order valence-corrected chi connectivity index (χ4v) is 9.60. The maximum Gasteiger partial charge on any atom is 0.148 e. The zero-order chi connectivity index (χ0) is 24.0. The second kappa shape index (κ2) is 6.35. The zero-order valence-electron chi connectivity index (χ0n) is 21.6. The lowest BCUT2D eigenvalue weighted by Crippen LogP contribution is -2.83. The molecule has 0 aromatic heterocycles. The molecule has 0 radical (unpaired) electrons. The molecule has 5 aliphatic carbocycles. The molecule has 8 aliphatic rings. The second-order valence-corrected chi connectivity index (χ2v) is 13.9. The number of hydrogen-bond donors (Lipinski definition) is 1. The van der Waals surface area contributed by atoms with Crippen LogP contribution >= 0.6 is 0 Å². The van der Waals surface area contributed by atoms with Crippen molar-refractivity contribution in [3.63, 3.8) is 0 Å². The van der Waals surface area contributed by atoms with Gasteiger partial charge in [-0.1, -0.05) is 45.1 Å². The Morgan fingerprint density at radius 2 is 1.97 bits per heavy atom. The Kier molecular flexibility index (Phi) is 3.93. The number of hydrogen-bond acceptors (Lipinski definition) is 5. The Morgan fingerprint density at radius 3 is 2.71 bits per heavy atom. The number of aliphatic hydroxyl groups excluding tert-OH is 1. The quantitative estimate of drug-likeness (QED) is 0.657. The van der Waals surface area contributed by atoms with E-state index in [1.807, 2.05) is 0 Å². The van der Waals surface area contributed by atoms with Gasteiger partial charge in [-0.2, -0.15) is 0 Å². The Balaban J connectivity index is 1.39. The van der Waals surface area contributed by atoms with Gasteiger partial charge in [-0.3, -0.25) is 4.90 Å². The summed E-state index contributed by atoms with van der Waals surface area (Å²) in [7, 11) is 0. The van der Waals surface area contributed by atoms with Crippen LogP contribution < -0.4 is 4.74 Å². The fraction of sp³-hybridized carbons (Fsp3) is 0.733. The molecule has 7 atom stereocenters. The minimum atomic E-state index is -0.508. The predicted octanol–water partition coefficient (Wildman–Crippen LogP) is 4.34. The minimum Gasteiger partial charge on any atom is -0.485 e. The third-order valence-corrected chi connectivity index (χ3v) is 11.8. The van der Waals surface area contributed by atoms with E-state index in [2.05, 4.69) is 56.9 Å². The van der Waals surface area contributed by atoms with Crippen LogP contribution in [0.5, 0.6) is 5.75 Å². The topological polar surface area (TPSA) is 51.2 Å². The van der Waals surface area contributed by atoms with E-state index in [-0.39, 0.29) is 40.5 Å². The van der Waals surface area contributed by atoms with E-state index in [0.29, 0.717) is 12.8 Å². The summed E-state index contributed by atoms with van der Waals surface area (Å²) in [6.07, 6.45) is 11.0. The molecule has 5 nitrogen and oxygen atoms in total. The summed E-state index contributed by atoms with van der Waals surface area (Å²) in [5, 5.41) is 10.3. The van der Waals surface area contributed by atoms with Gasteiger partial charge in [0.1, 0.15) is 24.2 Å². The first-order valence-corrected chi connectivity index (χ1v) is 13.9. The van der Waals surface area contributed by atoms with Gasteiger partial charge in [0.15, 0.2) is 0 Å². The van der Waals surface area contributed by atoms with Crippen LogP contribution in [-0.2, 0) is 27.9 Å². The maximum absolute atomic E-state index is 10.3. The molecule has 1 N–H and O–H groups in total. The van der Waals surface area contributed by atoms with E-state index in [1.165, 1.54) is 30.5 Å². The third-order valence-electron chi connectivity index (χ3n) is 11.8. The minimum absolute atomic E-state index is 0.000121. The molecule has 188 valence electrons. The van der Waals surface area contributed by atoms with Crippen LogP contribution in [-0.4, -0.2) is 53.2 Å². The van der Waals surface area contributed by atoms with Gasteiger partial charge in [0.2, 0.25) is 0 Å². The van der Waals surface area contributed by atoms with Gasteiger partial charge in [0, 0.05) is 35.0 Å². The highest BCUT2D eigenvalue weighted by Crippen LogP contribution is 2.76. The SMILES string of the molecule is CC(C)(C)[C@@]1(C)OCO[C@]23C=C[C@@]4(C[C@@H]21)[C@H]1Cc2ccc(CO)c5c2[C@@]4(CCN1CC1CC1)[C@H]3O5. The molecule has 4 bridgehead atoms. The molecule has 3 aliphatic heterocycles. The molecule has 2 saturated heterocycles. The number of piperidine rings is 1. The van der Waals surface area contributed by atoms with Gasteiger partial charge in [-0.15, -0.1) is 0 Å². The molecular weight excluding hydrogens is 438 g/mol. The number of likely N-dealkylation sites (tertiary alicyclic amines) is 1. The molecular formula is C30H39NO4. The van der Waals surface area contributed by atoms with Crippen LogP contribution in [0.15, 0.2) is 24.3 Å². The lowest BCUT2D eigenvalue weighted by atomic mass is 9.35. The van der Waals surface area contributed by atoms with E-state index in [9.17, 15) is 5.11 Å². The third kappa shape index (κ3) is 2.25. The lowest BCUT2D eigenvalue weighted by molar-refractivity contribution is -0.356. The van der Waals surface area contributed by atoms with Gasteiger partial charge in [-0.25, -0.2) is 0 Å². The second-order valence-electron chi connectivity index (χ2n) is 13.9. The molecule has 5 heteroatoms. The standard InChI is InChI=1S/C30H39NO4/c1-26(2,3)27(4)21-14-28-9-10-30(21,34-17-33-27)25-29(28)11-12-31(15-18-5-6-18)22(28)13-19-7-8-20(16-32)24(35-25)23(19)29/h7-10,18,21-22,25,32H,5-6,11-17H2,1-4H3/t21-,22-,25-,27+,28-,29+,30-/m1/s1. The van der Waals surface area contributed by atoms with Gasteiger partial charge in [0.25, 0.3) is 0 Å². The van der Waals surface area contributed by atoms with Crippen LogP contribution in [0.1, 0.15) is 70.1 Å². The van der Waals surface area contributed by atoms with Crippen molar-refractivity contribution in [3.8, 4) is 5.75 Å². The smallest absolute Gasteiger partial charge is 0.148 e. The highest BCUT2D eigenvalue weighted by molar-refractivity contribution is 5.63. The molecule has 9 rings (SSSR count). The van der Waals surface area contributed by atoms with Crippen LogP contribution in [0.4, 0.5) is 0 Å². The van der Waals surface area contributed by atoms with E-state index >= 15 is 0 Å². The first-order valence-electron chi connectivity index (χ1n) is 13.9. The largest absolute Gasteiger partial charge is 0.485 e. The molecule has 2 saturated carbocycles. The Morgan fingerprint density at radius 1 is 1.14 bits per heavy atom. The molecule has 4 fully saturated rings. The maximum atomic E-state index is 10.3. The van der Waals surface area contributed by atoms with Crippen LogP contribution in [0.25, 0.3) is 0 Å². The lowest BCUT2D eigenvalue weighted by Gasteiger charge is -2.74. The van der Waals surface area contributed by atoms with Gasteiger partial charge >= 0.3 is 0 Å². The fourth-order valence-electron chi connectivity index (χ4n) is 9.60. The van der Waals surface area contributed by atoms with E-state index in [1.54, 1.807) is 0 Å². The van der Waals surface area contributed by atoms with Gasteiger partial charge < -0.3 is 19.3 Å². The number of aliphatic hydroxyl groups is 1. The Bertz CT molecular complexity index is 1150. The summed E-state index contributed by atoms with van der Waals surface area (Å²) in [6, 6.07) is 4.88. The summed E-state index contributed by atoms with van der Waals surface area (Å²) in [6.45, 7) is 12.0. The highest BCUT2D eigenvalue weighted by Gasteiger charge is 2.82. The summed E-state index contributed by atoms with van der Waals surface area (Å²) in [5.41, 5.74) is 2.83. The number of benzene rings is 1. The average Bonchev–Trinajstić information content (AvgIpc) is 3.57. The van der Waals surface area contributed by atoms with E-state index in [4.69, 9.17) is 14.2 Å². The van der Waals surface area contributed by atoms with Gasteiger partial charge in [-0.05, 0) is 62.5 Å². The first kappa shape index (κ1) is 21.7. The van der Waals surface area contributed by atoms with E-state index < -0.39 is 5.60 Å². The van der Waals surface area contributed by atoms with Crippen LogP contribution in [0.2, 0.25) is 0 Å². The summed E-state index contributed by atoms with van der Waals surface area (Å²) in [5.74, 6) is 2.05. The van der Waals surface area contributed by atoms with Crippen molar-refractivity contribution >= 4 is 0 Å². The van der Waals surface area contributed by atoms with Crippen molar-refractivity contribution in [3.05, 3.63) is 41.0 Å². The molecule has 0 amide bonds. The zero-order valence-corrected chi connectivity index (χ0v) is 21.6. The van der Waals surface area contributed by atoms with Crippen molar-refractivity contribution in [2.45, 2.75) is 95.2 Å². The Hall–Kier alpha value is -1.40. The van der Waals surface area contributed by atoms with Crippen molar-refractivity contribution in [2.24, 2.45) is 22.7 Å². The Labute approximate surface area is 208 Å². The number of nitrogens with zero attached hydrogens (tertiary/aromatic N) is 1. The van der Waals surface area contributed by atoms with Crippen molar-refractivity contribution in [1.29, 1.82) is 0 Å². The molecule has 1 aromatic carbocycles. The first-order chi connectivity index (χ1) is 16.7. The van der Waals surface area contributed by atoms with Crippen LogP contribution in [0.3, 0.4) is 0 Å². The van der Waals surface area contributed by atoms with Crippen molar-refractivity contribution in [1.82, 2.24) is 4.90 Å². The predicted molar refractivity (Wildman–Crippen MR) is 132 cm³/mol. The summed E-state index contributed by atoms with van der Waals surface area (Å²) >= 11 is 0. The van der Waals surface area contributed by atoms with Gasteiger partial charge in [0.05, 0.1) is 17.6 Å². The molecule has 3 spiro atoms.